The highest BCUT2D eigenvalue weighted by molar-refractivity contribution is 5.52. The summed E-state index contributed by atoms with van der Waals surface area (Å²) >= 11 is 0. The molecule has 0 aliphatic carbocycles. The van der Waals surface area contributed by atoms with Crippen molar-refractivity contribution < 1.29 is 9.47 Å². The normalized spacial score (nSPS) is 10.3. The molecule has 0 aromatic heterocycles. The minimum absolute atomic E-state index is 0.706. The van der Waals surface area contributed by atoms with Gasteiger partial charge in [0.05, 0.1) is 13.7 Å². The van der Waals surface area contributed by atoms with Crippen LogP contribution in [-0.2, 0) is 13.0 Å². The van der Waals surface area contributed by atoms with Crippen LogP contribution in [0.3, 0.4) is 0 Å². The first-order valence-electron chi connectivity index (χ1n) is 7.90. The molecule has 0 unspecified atom stereocenters. The van der Waals surface area contributed by atoms with Gasteiger partial charge in [-0.1, -0.05) is 38.1 Å². The van der Waals surface area contributed by atoms with Crippen molar-refractivity contribution in [2.24, 2.45) is 0 Å². The topological polar surface area (TPSA) is 30.5 Å². The van der Waals surface area contributed by atoms with Crippen molar-refractivity contribution in [3.05, 3.63) is 53.6 Å². The van der Waals surface area contributed by atoms with Crippen LogP contribution >= 0.6 is 0 Å². The second-order valence-corrected chi connectivity index (χ2v) is 5.20. The van der Waals surface area contributed by atoms with E-state index in [1.807, 2.05) is 12.1 Å². The van der Waals surface area contributed by atoms with Crippen LogP contribution in [-0.4, -0.2) is 13.7 Å². The van der Waals surface area contributed by atoms with Gasteiger partial charge in [-0.3, -0.25) is 0 Å². The van der Waals surface area contributed by atoms with Crippen LogP contribution in [0.5, 0.6) is 11.5 Å². The Kier molecular flexibility index (Phi) is 6.13. The van der Waals surface area contributed by atoms with Crippen molar-refractivity contribution in [2.45, 2.75) is 33.2 Å². The van der Waals surface area contributed by atoms with Crippen molar-refractivity contribution in [3.8, 4) is 11.5 Å². The van der Waals surface area contributed by atoms with Crippen LogP contribution in [0.4, 0.5) is 5.69 Å². The van der Waals surface area contributed by atoms with Gasteiger partial charge in [-0.2, -0.15) is 0 Å². The Morgan fingerprint density at radius 1 is 1.00 bits per heavy atom. The molecule has 0 fully saturated rings. The van der Waals surface area contributed by atoms with Crippen LogP contribution in [0, 0.1) is 0 Å². The second kappa shape index (κ2) is 8.32. The van der Waals surface area contributed by atoms with Crippen LogP contribution in [0.25, 0.3) is 0 Å². The number of ether oxygens (including phenoxy) is 2. The van der Waals surface area contributed by atoms with E-state index < -0.39 is 0 Å². The molecule has 2 rings (SSSR count). The molecular formula is C19H25NO2. The highest BCUT2D eigenvalue weighted by atomic mass is 16.5. The first-order chi connectivity index (χ1) is 10.8. The number of rotatable bonds is 8. The van der Waals surface area contributed by atoms with Crippen molar-refractivity contribution in [1.29, 1.82) is 0 Å². The Balaban J connectivity index is 2.06. The molecule has 0 aliphatic heterocycles. The fraction of sp³-hybridized carbons (Fsp3) is 0.368. The summed E-state index contributed by atoms with van der Waals surface area (Å²) in [6.45, 7) is 5.73. The predicted octanol–water partition coefficient (Wildman–Crippen LogP) is 4.66. The second-order valence-electron chi connectivity index (χ2n) is 5.20. The Labute approximate surface area is 133 Å². The number of benzene rings is 2. The van der Waals surface area contributed by atoms with Gasteiger partial charge in [-0.05, 0) is 42.2 Å². The number of nitrogens with one attached hydrogen (secondary N) is 1. The number of para-hydroxylation sites is 1. The van der Waals surface area contributed by atoms with Crippen LogP contribution < -0.4 is 14.8 Å². The highest BCUT2D eigenvalue weighted by Crippen LogP contribution is 2.28. The molecule has 118 valence electrons. The van der Waals surface area contributed by atoms with Gasteiger partial charge in [0.15, 0.2) is 11.5 Å². The standard InChI is InChI=1S/C19H25NO2/c1-4-12-22-18-11-10-15(13-19(18)21-3)14-20-17-9-7-6-8-16(17)5-2/h6-11,13,20H,4-5,12,14H2,1-3H3. The fourth-order valence-electron chi connectivity index (χ4n) is 2.35. The van der Waals surface area contributed by atoms with E-state index in [9.17, 15) is 0 Å². The summed E-state index contributed by atoms with van der Waals surface area (Å²) < 4.78 is 11.1. The quantitative estimate of drug-likeness (QED) is 0.769. The lowest BCUT2D eigenvalue weighted by molar-refractivity contribution is 0.294. The van der Waals surface area contributed by atoms with Crippen molar-refractivity contribution >= 4 is 5.69 Å². The fourth-order valence-corrected chi connectivity index (χ4v) is 2.35. The molecule has 1 N–H and O–H groups in total. The average Bonchev–Trinajstić information content (AvgIpc) is 2.58. The van der Waals surface area contributed by atoms with Crippen LogP contribution in [0.2, 0.25) is 0 Å². The minimum Gasteiger partial charge on any atom is -0.493 e. The molecule has 0 spiro atoms. The Morgan fingerprint density at radius 2 is 1.82 bits per heavy atom. The summed E-state index contributed by atoms with van der Waals surface area (Å²) in [7, 11) is 1.68. The van der Waals surface area contributed by atoms with E-state index in [0.29, 0.717) is 6.61 Å². The highest BCUT2D eigenvalue weighted by Gasteiger charge is 2.06. The monoisotopic (exact) mass is 299 g/mol. The van der Waals surface area contributed by atoms with Crippen molar-refractivity contribution in [1.82, 2.24) is 0 Å². The maximum atomic E-state index is 5.69. The number of hydrogen-bond acceptors (Lipinski definition) is 3. The van der Waals surface area contributed by atoms with Gasteiger partial charge in [-0.25, -0.2) is 0 Å². The lowest BCUT2D eigenvalue weighted by atomic mass is 10.1. The molecule has 0 amide bonds. The lowest BCUT2D eigenvalue weighted by Gasteiger charge is -2.14. The summed E-state index contributed by atoms with van der Waals surface area (Å²) in [5.41, 5.74) is 3.69. The average molecular weight is 299 g/mol. The third-order valence-electron chi connectivity index (χ3n) is 3.57. The number of methoxy groups -OCH3 is 1. The minimum atomic E-state index is 0.706. The van der Waals surface area contributed by atoms with Gasteiger partial charge in [0, 0.05) is 12.2 Å². The molecule has 0 atom stereocenters. The van der Waals surface area contributed by atoms with Gasteiger partial charge in [-0.15, -0.1) is 0 Å². The molecule has 2 aromatic carbocycles. The molecule has 0 saturated heterocycles. The third-order valence-corrected chi connectivity index (χ3v) is 3.57. The smallest absolute Gasteiger partial charge is 0.161 e. The first kappa shape index (κ1) is 16.2. The van der Waals surface area contributed by atoms with E-state index in [4.69, 9.17) is 9.47 Å². The van der Waals surface area contributed by atoms with Crippen molar-refractivity contribution in [3.63, 3.8) is 0 Å². The Bertz CT molecular complexity index is 596. The lowest BCUT2D eigenvalue weighted by Crippen LogP contribution is -2.03. The van der Waals surface area contributed by atoms with Crippen LogP contribution in [0.15, 0.2) is 42.5 Å². The van der Waals surface area contributed by atoms with Gasteiger partial charge >= 0.3 is 0 Å². The molecule has 0 radical (unpaired) electrons. The van der Waals surface area contributed by atoms with Gasteiger partial charge in [0.2, 0.25) is 0 Å². The summed E-state index contributed by atoms with van der Waals surface area (Å²) in [5, 5.41) is 3.50. The molecule has 22 heavy (non-hydrogen) atoms. The van der Waals surface area contributed by atoms with Crippen molar-refractivity contribution in [2.75, 3.05) is 19.0 Å². The largest absolute Gasteiger partial charge is 0.493 e. The molecule has 3 nitrogen and oxygen atoms in total. The Hall–Kier alpha value is -2.16. The molecule has 0 heterocycles. The number of aryl methyl sites for hydroxylation is 1. The van der Waals surface area contributed by atoms with Gasteiger partial charge in [0.25, 0.3) is 0 Å². The van der Waals surface area contributed by atoms with E-state index in [2.05, 4.69) is 49.5 Å². The molecule has 0 aliphatic rings. The van der Waals surface area contributed by atoms with E-state index in [1.165, 1.54) is 16.8 Å². The molecule has 2 aromatic rings. The number of hydrogen-bond donors (Lipinski definition) is 1. The zero-order valence-corrected chi connectivity index (χ0v) is 13.7. The first-order valence-corrected chi connectivity index (χ1v) is 7.90. The van der Waals surface area contributed by atoms with Gasteiger partial charge in [0.1, 0.15) is 0 Å². The Morgan fingerprint density at radius 3 is 2.55 bits per heavy atom. The van der Waals surface area contributed by atoms with E-state index in [0.717, 1.165) is 30.9 Å². The summed E-state index contributed by atoms with van der Waals surface area (Å²) in [5.74, 6) is 1.60. The SMILES string of the molecule is CCCOc1ccc(CNc2ccccc2CC)cc1OC. The van der Waals surface area contributed by atoms with E-state index in [1.54, 1.807) is 7.11 Å². The maximum Gasteiger partial charge on any atom is 0.161 e. The maximum absolute atomic E-state index is 5.69. The molecular weight excluding hydrogens is 274 g/mol. The summed E-state index contributed by atoms with van der Waals surface area (Å²) in [6, 6.07) is 14.5. The summed E-state index contributed by atoms with van der Waals surface area (Å²) in [4.78, 5) is 0. The molecule has 3 heteroatoms. The van der Waals surface area contributed by atoms with Gasteiger partial charge < -0.3 is 14.8 Å². The zero-order valence-electron chi connectivity index (χ0n) is 13.7. The predicted molar refractivity (Wildman–Crippen MR) is 91.9 cm³/mol. The molecule has 0 saturated carbocycles. The summed E-state index contributed by atoms with van der Waals surface area (Å²) in [6.07, 6.45) is 2.01. The van der Waals surface area contributed by atoms with E-state index in [-0.39, 0.29) is 0 Å². The third kappa shape index (κ3) is 4.17. The van der Waals surface area contributed by atoms with E-state index >= 15 is 0 Å². The van der Waals surface area contributed by atoms with Crippen LogP contribution in [0.1, 0.15) is 31.4 Å². The zero-order chi connectivity index (χ0) is 15.8. The molecule has 0 bridgehead atoms. The number of anilines is 1.